The Balaban J connectivity index is 2.56. The molecule has 1 atom stereocenters. The summed E-state index contributed by atoms with van der Waals surface area (Å²) in [7, 11) is 0. The van der Waals surface area contributed by atoms with Crippen LogP contribution in [-0.2, 0) is 6.42 Å². The molecular formula is C10H11I2N. The van der Waals surface area contributed by atoms with Crippen molar-refractivity contribution in [1.29, 1.82) is 0 Å². The van der Waals surface area contributed by atoms with E-state index in [0.29, 0.717) is 0 Å². The van der Waals surface area contributed by atoms with Gasteiger partial charge in [-0.05, 0) is 81.6 Å². The van der Waals surface area contributed by atoms with Crippen molar-refractivity contribution in [1.82, 2.24) is 0 Å². The van der Waals surface area contributed by atoms with Gasteiger partial charge >= 0.3 is 0 Å². The fraction of sp³-hybridized carbons (Fsp3) is 0.400. The van der Waals surface area contributed by atoms with E-state index in [2.05, 4.69) is 57.3 Å². The van der Waals surface area contributed by atoms with E-state index in [1.807, 2.05) is 0 Å². The third-order valence-electron chi connectivity index (χ3n) is 2.57. The molecule has 0 bridgehead atoms. The van der Waals surface area contributed by atoms with Gasteiger partial charge in [0.25, 0.3) is 0 Å². The zero-order valence-electron chi connectivity index (χ0n) is 7.19. The summed E-state index contributed by atoms with van der Waals surface area (Å²) in [5, 5.41) is 0. The van der Waals surface area contributed by atoms with E-state index in [0.717, 1.165) is 6.42 Å². The van der Waals surface area contributed by atoms with Crippen LogP contribution in [0.3, 0.4) is 0 Å². The Morgan fingerprint density at radius 1 is 1.31 bits per heavy atom. The van der Waals surface area contributed by atoms with Gasteiger partial charge in [-0.25, -0.2) is 0 Å². The van der Waals surface area contributed by atoms with Crippen molar-refractivity contribution in [2.45, 2.75) is 25.3 Å². The Morgan fingerprint density at radius 2 is 2.08 bits per heavy atom. The number of fused-ring (bicyclic) bond motifs is 1. The molecule has 2 N–H and O–H groups in total. The first-order valence-corrected chi connectivity index (χ1v) is 6.58. The molecule has 0 radical (unpaired) electrons. The molecule has 0 spiro atoms. The molecule has 1 aliphatic rings. The molecule has 1 aromatic rings. The zero-order chi connectivity index (χ0) is 9.42. The highest BCUT2D eigenvalue weighted by Crippen LogP contribution is 2.33. The lowest BCUT2D eigenvalue weighted by molar-refractivity contribution is 0.568. The van der Waals surface area contributed by atoms with E-state index in [9.17, 15) is 0 Å². The van der Waals surface area contributed by atoms with Crippen LogP contribution in [0.15, 0.2) is 12.1 Å². The quantitative estimate of drug-likeness (QED) is 0.667. The Hall–Kier alpha value is 0.640. The topological polar surface area (TPSA) is 26.0 Å². The molecule has 0 saturated heterocycles. The summed E-state index contributed by atoms with van der Waals surface area (Å²) in [6.07, 6.45) is 3.59. The van der Waals surface area contributed by atoms with Crippen LogP contribution >= 0.6 is 45.2 Å². The molecule has 0 saturated carbocycles. The fourth-order valence-electron chi connectivity index (χ4n) is 1.86. The molecule has 3 heteroatoms. The number of rotatable bonds is 0. The smallest absolute Gasteiger partial charge is 0.0299 e. The van der Waals surface area contributed by atoms with Gasteiger partial charge in [0.2, 0.25) is 0 Å². The first kappa shape index (κ1) is 10.2. The molecule has 1 unspecified atom stereocenters. The minimum Gasteiger partial charge on any atom is -0.324 e. The SMILES string of the molecule is NC1CCCc2c1ccc(I)c2I. The van der Waals surface area contributed by atoms with Crippen molar-refractivity contribution in [2.24, 2.45) is 5.73 Å². The summed E-state index contributed by atoms with van der Waals surface area (Å²) < 4.78 is 2.76. The van der Waals surface area contributed by atoms with Gasteiger partial charge in [-0.1, -0.05) is 6.07 Å². The maximum absolute atomic E-state index is 6.06. The molecule has 1 aliphatic carbocycles. The van der Waals surface area contributed by atoms with Crippen LogP contribution in [0.1, 0.15) is 30.0 Å². The van der Waals surface area contributed by atoms with Crippen LogP contribution in [0.5, 0.6) is 0 Å². The molecule has 0 heterocycles. The van der Waals surface area contributed by atoms with Gasteiger partial charge in [-0.15, -0.1) is 0 Å². The predicted molar refractivity (Wildman–Crippen MR) is 71.7 cm³/mol. The molecule has 1 aromatic carbocycles. The fourth-order valence-corrected chi connectivity index (χ4v) is 3.13. The average molecular weight is 399 g/mol. The van der Waals surface area contributed by atoms with Crippen LogP contribution in [0.2, 0.25) is 0 Å². The molecular weight excluding hydrogens is 388 g/mol. The first-order valence-electron chi connectivity index (χ1n) is 4.42. The van der Waals surface area contributed by atoms with Gasteiger partial charge in [0.1, 0.15) is 0 Å². The third kappa shape index (κ3) is 1.87. The Morgan fingerprint density at radius 3 is 2.85 bits per heavy atom. The second-order valence-corrected chi connectivity index (χ2v) is 5.67. The third-order valence-corrected chi connectivity index (χ3v) is 5.74. The maximum atomic E-state index is 6.06. The summed E-state index contributed by atoms with van der Waals surface area (Å²) in [4.78, 5) is 0. The van der Waals surface area contributed by atoms with Crippen molar-refractivity contribution in [3.05, 3.63) is 30.4 Å². The molecule has 0 aromatic heterocycles. The highest BCUT2D eigenvalue weighted by Gasteiger charge is 2.19. The van der Waals surface area contributed by atoms with E-state index < -0.39 is 0 Å². The van der Waals surface area contributed by atoms with E-state index in [1.165, 1.54) is 31.1 Å². The monoisotopic (exact) mass is 399 g/mol. The number of benzene rings is 1. The van der Waals surface area contributed by atoms with Crippen molar-refractivity contribution >= 4 is 45.2 Å². The Kier molecular flexibility index (Phi) is 3.14. The first-order chi connectivity index (χ1) is 6.20. The van der Waals surface area contributed by atoms with Gasteiger partial charge in [0.15, 0.2) is 0 Å². The van der Waals surface area contributed by atoms with Crippen molar-refractivity contribution in [2.75, 3.05) is 0 Å². The van der Waals surface area contributed by atoms with E-state index in [1.54, 1.807) is 0 Å². The molecule has 1 nitrogen and oxygen atoms in total. The molecule has 0 aliphatic heterocycles. The number of halogens is 2. The number of nitrogens with two attached hydrogens (primary N) is 1. The molecule has 0 amide bonds. The lowest BCUT2D eigenvalue weighted by Crippen LogP contribution is -2.18. The standard InChI is InChI=1S/C10H11I2N/c11-8-5-4-6-7(10(8)12)2-1-3-9(6)13/h4-5,9H,1-3,13H2. The highest BCUT2D eigenvalue weighted by molar-refractivity contribution is 14.1. The van der Waals surface area contributed by atoms with Crippen molar-refractivity contribution in [3.63, 3.8) is 0 Å². The van der Waals surface area contributed by atoms with Gasteiger partial charge < -0.3 is 5.73 Å². The molecule has 0 fully saturated rings. The van der Waals surface area contributed by atoms with Crippen LogP contribution < -0.4 is 5.73 Å². The highest BCUT2D eigenvalue weighted by atomic mass is 127. The van der Waals surface area contributed by atoms with Gasteiger partial charge in [-0.3, -0.25) is 0 Å². The lowest BCUT2D eigenvalue weighted by atomic mass is 9.88. The number of hydrogen-bond acceptors (Lipinski definition) is 1. The van der Waals surface area contributed by atoms with Crippen molar-refractivity contribution < 1.29 is 0 Å². The van der Waals surface area contributed by atoms with Crippen LogP contribution in [0.25, 0.3) is 0 Å². The van der Waals surface area contributed by atoms with Crippen LogP contribution in [0, 0.1) is 7.14 Å². The van der Waals surface area contributed by atoms with E-state index in [4.69, 9.17) is 5.73 Å². The molecule has 2 rings (SSSR count). The molecule has 70 valence electrons. The predicted octanol–water partition coefficient (Wildman–Crippen LogP) is 3.23. The van der Waals surface area contributed by atoms with E-state index in [-0.39, 0.29) is 6.04 Å². The minimum absolute atomic E-state index is 0.272. The minimum atomic E-state index is 0.272. The summed E-state index contributed by atoms with van der Waals surface area (Å²) in [6, 6.07) is 4.64. The summed E-state index contributed by atoms with van der Waals surface area (Å²) >= 11 is 4.82. The maximum Gasteiger partial charge on any atom is 0.0299 e. The second kappa shape index (κ2) is 4.02. The number of hydrogen-bond donors (Lipinski definition) is 1. The van der Waals surface area contributed by atoms with Gasteiger partial charge in [0.05, 0.1) is 0 Å². The van der Waals surface area contributed by atoms with E-state index >= 15 is 0 Å². The van der Waals surface area contributed by atoms with Crippen LogP contribution in [0.4, 0.5) is 0 Å². The normalized spacial score (nSPS) is 21.3. The van der Waals surface area contributed by atoms with Crippen LogP contribution in [-0.4, -0.2) is 0 Å². The summed E-state index contributed by atoms with van der Waals surface area (Å²) in [5.41, 5.74) is 8.92. The summed E-state index contributed by atoms with van der Waals surface area (Å²) in [6.45, 7) is 0. The van der Waals surface area contributed by atoms with Gasteiger partial charge in [0, 0.05) is 13.2 Å². The lowest BCUT2D eigenvalue weighted by Gasteiger charge is -2.23. The summed E-state index contributed by atoms with van der Waals surface area (Å²) in [5.74, 6) is 0. The largest absolute Gasteiger partial charge is 0.324 e. The average Bonchev–Trinajstić information content (AvgIpc) is 2.12. The molecule has 13 heavy (non-hydrogen) atoms. The zero-order valence-corrected chi connectivity index (χ0v) is 11.5. The second-order valence-electron chi connectivity index (χ2n) is 3.43. The Labute approximate surface area is 106 Å². The Bertz CT molecular complexity index is 336. The van der Waals surface area contributed by atoms with Gasteiger partial charge in [-0.2, -0.15) is 0 Å². The van der Waals surface area contributed by atoms with Crippen molar-refractivity contribution in [3.8, 4) is 0 Å².